The van der Waals surface area contributed by atoms with Gasteiger partial charge in [-0.2, -0.15) is 0 Å². The van der Waals surface area contributed by atoms with Crippen molar-refractivity contribution in [1.82, 2.24) is 0 Å². The van der Waals surface area contributed by atoms with Crippen molar-refractivity contribution >= 4 is 17.7 Å². The molecule has 0 aromatic carbocycles. The zero-order valence-corrected chi connectivity index (χ0v) is 8.73. The lowest BCUT2D eigenvalue weighted by molar-refractivity contribution is -0.218. The fourth-order valence-electron chi connectivity index (χ4n) is 1.09. The molecule has 0 saturated carbocycles. The zero-order valence-electron chi connectivity index (χ0n) is 7.91. The number of esters is 1. The number of hydrogen-bond acceptors (Lipinski definition) is 4. The Kier molecular flexibility index (Phi) is 3.39. The molecule has 0 aromatic heterocycles. The minimum absolute atomic E-state index is 0.158. The minimum Gasteiger partial charge on any atom is -0.429 e. The van der Waals surface area contributed by atoms with Gasteiger partial charge in [-0.15, -0.1) is 11.8 Å². The van der Waals surface area contributed by atoms with Crippen LogP contribution in [-0.2, 0) is 14.3 Å². The molecule has 2 unspecified atom stereocenters. The Balaban J connectivity index is 2.61. The zero-order chi connectivity index (χ0) is 9.90. The van der Waals surface area contributed by atoms with Crippen molar-refractivity contribution in [3.63, 3.8) is 0 Å². The molecule has 0 amide bonds. The number of ether oxygens (including phenoxy) is 2. The summed E-state index contributed by atoms with van der Waals surface area (Å²) in [6.45, 7) is 7.74. The molecule has 2 atom stereocenters. The van der Waals surface area contributed by atoms with E-state index in [1.54, 1.807) is 18.7 Å². The first-order chi connectivity index (χ1) is 6.08. The number of carbonyl (C=O) groups excluding carboxylic acids is 1. The molecule has 1 heterocycles. The van der Waals surface area contributed by atoms with Crippen molar-refractivity contribution in [2.45, 2.75) is 24.9 Å². The molecule has 1 rings (SSSR count). The van der Waals surface area contributed by atoms with E-state index in [-0.39, 0.29) is 5.25 Å². The monoisotopic (exact) mass is 202 g/mol. The second-order valence-corrected chi connectivity index (χ2v) is 4.45. The fraction of sp³-hybridized carbons (Fsp3) is 0.667. The normalized spacial score (nSPS) is 33.8. The first-order valence-corrected chi connectivity index (χ1v) is 5.24. The molecule has 0 spiro atoms. The summed E-state index contributed by atoms with van der Waals surface area (Å²) in [5, 5.41) is 0.158. The lowest BCUT2D eigenvalue weighted by Crippen LogP contribution is -2.46. The third kappa shape index (κ3) is 2.48. The highest BCUT2D eigenvalue weighted by Gasteiger charge is 2.38. The molecule has 0 radical (unpaired) electrons. The largest absolute Gasteiger partial charge is 0.429 e. The SMILES string of the molecule is C=CC(=O)OC1(C)OCCSC1C. The van der Waals surface area contributed by atoms with Crippen LogP contribution in [0, 0.1) is 0 Å². The van der Waals surface area contributed by atoms with Crippen LogP contribution >= 0.6 is 11.8 Å². The van der Waals surface area contributed by atoms with Crippen LogP contribution in [0.5, 0.6) is 0 Å². The van der Waals surface area contributed by atoms with E-state index >= 15 is 0 Å². The molecular formula is C9H14O3S. The van der Waals surface area contributed by atoms with Gasteiger partial charge in [-0.3, -0.25) is 0 Å². The van der Waals surface area contributed by atoms with Crippen molar-refractivity contribution in [3.8, 4) is 0 Å². The van der Waals surface area contributed by atoms with Gasteiger partial charge in [-0.05, 0) is 6.92 Å². The van der Waals surface area contributed by atoms with Crippen LogP contribution in [0.2, 0.25) is 0 Å². The van der Waals surface area contributed by atoms with E-state index < -0.39 is 11.8 Å². The minimum atomic E-state index is -0.797. The molecule has 3 nitrogen and oxygen atoms in total. The third-order valence-corrected chi connectivity index (χ3v) is 3.38. The molecule has 0 aliphatic carbocycles. The van der Waals surface area contributed by atoms with Crippen LogP contribution < -0.4 is 0 Å². The van der Waals surface area contributed by atoms with Gasteiger partial charge in [0.2, 0.25) is 5.79 Å². The molecule has 74 valence electrons. The smallest absolute Gasteiger partial charge is 0.332 e. The highest BCUT2D eigenvalue weighted by atomic mass is 32.2. The summed E-state index contributed by atoms with van der Waals surface area (Å²) >= 11 is 1.74. The Morgan fingerprint density at radius 3 is 3.08 bits per heavy atom. The van der Waals surface area contributed by atoms with E-state index in [1.165, 1.54) is 0 Å². The van der Waals surface area contributed by atoms with E-state index in [0.717, 1.165) is 11.8 Å². The van der Waals surface area contributed by atoms with Gasteiger partial charge < -0.3 is 9.47 Å². The Labute approximate surface area is 82.5 Å². The quantitative estimate of drug-likeness (QED) is 0.503. The maximum Gasteiger partial charge on any atom is 0.332 e. The molecule has 1 saturated heterocycles. The van der Waals surface area contributed by atoms with Gasteiger partial charge in [0.1, 0.15) is 0 Å². The van der Waals surface area contributed by atoms with Gasteiger partial charge in [0, 0.05) is 18.8 Å². The second kappa shape index (κ2) is 4.15. The van der Waals surface area contributed by atoms with E-state index in [1.807, 2.05) is 6.92 Å². The highest BCUT2D eigenvalue weighted by molar-refractivity contribution is 8.00. The molecule has 0 aromatic rings. The van der Waals surface area contributed by atoms with E-state index in [2.05, 4.69) is 6.58 Å². The third-order valence-electron chi connectivity index (χ3n) is 2.05. The van der Waals surface area contributed by atoms with Gasteiger partial charge in [0.05, 0.1) is 11.9 Å². The number of rotatable bonds is 2. The molecule has 13 heavy (non-hydrogen) atoms. The van der Waals surface area contributed by atoms with Gasteiger partial charge in [-0.25, -0.2) is 4.79 Å². The highest BCUT2D eigenvalue weighted by Crippen LogP contribution is 2.32. The number of hydrogen-bond donors (Lipinski definition) is 0. The van der Waals surface area contributed by atoms with E-state index in [0.29, 0.717) is 6.61 Å². The summed E-state index contributed by atoms with van der Waals surface area (Å²) in [6, 6.07) is 0. The number of carbonyl (C=O) groups is 1. The summed E-state index contributed by atoms with van der Waals surface area (Å²) in [5.41, 5.74) is 0. The summed E-state index contributed by atoms with van der Waals surface area (Å²) < 4.78 is 10.6. The van der Waals surface area contributed by atoms with E-state index in [9.17, 15) is 4.79 Å². The maximum absolute atomic E-state index is 11.0. The van der Waals surface area contributed by atoms with Crippen molar-refractivity contribution in [1.29, 1.82) is 0 Å². The second-order valence-electron chi connectivity index (χ2n) is 3.00. The molecule has 4 heteroatoms. The Morgan fingerprint density at radius 2 is 2.54 bits per heavy atom. The fourth-order valence-corrected chi connectivity index (χ4v) is 2.04. The summed E-state index contributed by atoms with van der Waals surface area (Å²) in [7, 11) is 0. The predicted octanol–water partition coefficient (Wildman–Crippen LogP) is 1.58. The molecule has 1 fully saturated rings. The first-order valence-electron chi connectivity index (χ1n) is 4.19. The molecule has 0 N–H and O–H groups in total. The van der Waals surface area contributed by atoms with E-state index in [4.69, 9.17) is 9.47 Å². The Bertz CT molecular complexity index is 217. The van der Waals surface area contributed by atoms with Crippen LogP contribution in [0.3, 0.4) is 0 Å². The topological polar surface area (TPSA) is 35.5 Å². The van der Waals surface area contributed by atoms with Crippen molar-refractivity contribution in [2.75, 3.05) is 12.4 Å². The van der Waals surface area contributed by atoms with Gasteiger partial charge in [0.25, 0.3) is 0 Å². The lowest BCUT2D eigenvalue weighted by Gasteiger charge is -2.37. The van der Waals surface area contributed by atoms with Crippen LogP contribution in [0.4, 0.5) is 0 Å². The summed E-state index contributed by atoms with van der Waals surface area (Å²) in [5.74, 6) is -0.284. The molecule has 1 aliphatic heterocycles. The Hall–Kier alpha value is -0.480. The van der Waals surface area contributed by atoms with Gasteiger partial charge in [-0.1, -0.05) is 6.58 Å². The van der Waals surface area contributed by atoms with Crippen molar-refractivity contribution in [2.24, 2.45) is 0 Å². The van der Waals surface area contributed by atoms with Gasteiger partial charge in [0.15, 0.2) is 0 Å². The molecule has 0 bridgehead atoms. The number of thioether (sulfide) groups is 1. The summed E-state index contributed by atoms with van der Waals surface area (Å²) in [4.78, 5) is 11.0. The van der Waals surface area contributed by atoms with Crippen LogP contribution in [0.25, 0.3) is 0 Å². The van der Waals surface area contributed by atoms with Crippen LogP contribution in [-0.4, -0.2) is 29.4 Å². The maximum atomic E-state index is 11.0. The Morgan fingerprint density at radius 1 is 1.85 bits per heavy atom. The molecule has 1 aliphatic rings. The van der Waals surface area contributed by atoms with Crippen LogP contribution in [0.1, 0.15) is 13.8 Å². The predicted molar refractivity (Wildman–Crippen MR) is 52.6 cm³/mol. The van der Waals surface area contributed by atoms with Crippen LogP contribution in [0.15, 0.2) is 12.7 Å². The molecular weight excluding hydrogens is 188 g/mol. The average Bonchev–Trinajstić information content (AvgIpc) is 2.10. The summed E-state index contributed by atoms with van der Waals surface area (Å²) in [6.07, 6.45) is 1.15. The first kappa shape index (κ1) is 10.6. The standard InChI is InChI=1S/C9H14O3S/c1-4-8(10)12-9(3)7(2)13-6-5-11-9/h4,7H,1,5-6H2,2-3H3. The van der Waals surface area contributed by atoms with Gasteiger partial charge >= 0.3 is 5.97 Å². The van der Waals surface area contributed by atoms with Crippen molar-refractivity contribution in [3.05, 3.63) is 12.7 Å². The van der Waals surface area contributed by atoms with Crippen molar-refractivity contribution < 1.29 is 14.3 Å². The lowest BCUT2D eigenvalue weighted by atomic mass is 10.2. The average molecular weight is 202 g/mol.